The van der Waals surface area contributed by atoms with E-state index in [9.17, 15) is 13.2 Å². The van der Waals surface area contributed by atoms with Gasteiger partial charge in [-0.25, -0.2) is 13.6 Å². The zero-order chi connectivity index (χ0) is 10.8. The van der Waals surface area contributed by atoms with Gasteiger partial charge in [-0.2, -0.15) is 0 Å². The summed E-state index contributed by atoms with van der Waals surface area (Å²) in [5.74, 6) is -0.185. The monoisotopic (exact) mass is 277 g/mol. The van der Waals surface area contributed by atoms with Crippen molar-refractivity contribution < 1.29 is 13.2 Å². The van der Waals surface area contributed by atoms with Gasteiger partial charge in [-0.1, -0.05) is 28.1 Å². The molecule has 0 unspecified atom stereocenters. The third-order valence-corrected chi connectivity index (χ3v) is 3.03. The number of halogens is 1. The normalized spacial score (nSPS) is 11.3. The van der Waals surface area contributed by atoms with Crippen molar-refractivity contribution in [2.45, 2.75) is 4.90 Å². The molecule has 4 nitrogen and oxygen atoms in total. The van der Waals surface area contributed by atoms with E-state index >= 15 is 0 Å². The molecule has 0 bridgehead atoms. The predicted molar refractivity (Wildman–Crippen MR) is 55.9 cm³/mol. The Labute approximate surface area is 90.3 Å². The molecule has 0 aliphatic carbocycles. The Morgan fingerprint density at radius 1 is 1.43 bits per heavy atom. The minimum atomic E-state index is -3.73. The van der Waals surface area contributed by atoms with E-state index < -0.39 is 10.0 Å². The predicted octanol–water partition coefficient (Wildman–Crippen LogP) is 0.912. The number of ketones is 1. The molecule has 0 radical (unpaired) electrons. The number of Topliss-reactive ketones (excluding diaryl/α,β-unsaturated/α-hetero) is 1. The molecule has 1 aromatic rings. The Bertz CT molecular complexity index is 455. The number of benzene rings is 1. The van der Waals surface area contributed by atoms with Crippen LogP contribution in [0.4, 0.5) is 0 Å². The lowest BCUT2D eigenvalue weighted by Crippen LogP contribution is -2.13. The van der Waals surface area contributed by atoms with Crippen LogP contribution in [0.3, 0.4) is 0 Å². The first-order valence-corrected chi connectivity index (χ1v) is 6.34. The molecule has 14 heavy (non-hydrogen) atoms. The second-order valence-corrected chi connectivity index (χ2v) is 4.75. The van der Waals surface area contributed by atoms with Gasteiger partial charge >= 0.3 is 0 Å². The largest absolute Gasteiger partial charge is 0.293 e. The van der Waals surface area contributed by atoms with E-state index in [1.54, 1.807) is 0 Å². The summed E-state index contributed by atoms with van der Waals surface area (Å²) in [7, 11) is -3.73. The molecule has 1 aromatic carbocycles. The molecule has 0 fully saturated rings. The van der Waals surface area contributed by atoms with E-state index in [4.69, 9.17) is 5.14 Å². The number of alkyl halides is 1. The maximum Gasteiger partial charge on any atom is 0.238 e. The van der Waals surface area contributed by atoms with Crippen LogP contribution in [0.2, 0.25) is 0 Å². The molecule has 0 aliphatic heterocycles. The van der Waals surface area contributed by atoms with Gasteiger partial charge in [-0.15, -0.1) is 0 Å². The van der Waals surface area contributed by atoms with E-state index in [-0.39, 0.29) is 16.0 Å². The SMILES string of the molecule is NS(=O)(=O)c1cccc(C(=O)CBr)c1. The second kappa shape index (κ2) is 4.20. The van der Waals surface area contributed by atoms with Gasteiger partial charge in [0.05, 0.1) is 10.2 Å². The van der Waals surface area contributed by atoms with Crippen molar-refractivity contribution in [3.05, 3.63) is 29.8 Å². The van der Waals surface area contributed by atoms with Crippen LogP contribution < -0.4 is 5.14 Å². The number of rotatable bonds is 3. The Balaban J connectivity index is 3.21. The molecule has 76 valence electrons. The minimum absolute atomic E-state index is 0.0516. The van der Waals surface area contributed by atoms with Crippen molar-refractivity contribution in [2.75, 3.05) is 5.33 Å². The summed E-state index contributed by atoms with van der Waals surface area (Å²) in [6.07, 6.45) is 0. The number of carbonyl (C=O) groups is 1. The molecule has 0 aliphatic rings. The quantitative estimate of drug-likeness (QED) is 0.659. The summed E-state index contributed by atoms with van der Waals surface area (Å²) in [5.41, 5.74) is 0.327. The first kappa shape index (κ1) is 11.4. The van der Waals surface area contributed by atoms with Crippen LogP contribution in [0.1, 0.15) is 10.4 Å². The van der Waals surface area contributed by atoms with Gasteiger partial charge < -0.3 is 0 Å². The van der Waals surface area contributed by atoms with Crippen molar-refractivity contribution in [3.8, 4) is 0 Å². The number of hydrogen-bond acceptors (Lipinski definition) is 3. The molecule has 0 saturated carbocycles. The number of nitrogens with two attached hydrogens (primary N) is 1. The Morgan fingerprint density at radius 3 is 2.57 bits per heavy atom. The van der Waals surface area contributed by atoms with Gasteiger partial charge in [0.1, 0.15) is 0 Å². The van der Waals surface area contributed by atoms with Crippen molar-refractivity contribution in [2.24, 2.45) is 5.14 Å². The van der Waals surface area contributed by atoms with Crippen LogP contribution in [0.15, 0.2) is 29.2 Å². The highest BCUT2D eigenvalue weighted by molar-refractivity contribution is 9.09. The molecule has 2 N–H and O–H groups in total. The molecule has 1 rings (SSSR count). The first-order valence-electron chi connectivity index (χ1n) is 3.67. The average molecular weight is 278 g/mol. The Kier molecular flexibility index (Phi) is 3.41. The first-order chi connectivity index (χ1) is 6.45. The third kappa shape index (κ3) is 2.63. The summed E-state index contributed by atoms with van der Waals surface area (Å²) in [6, 6.07) is 5.63. The van der Waals surface area contributed by atoms with Crippen molar-refractivity contribution in [3.63, 3.8) is 0 Å². The summed E-state index contributed by atoms with van der Waals surface area (Å²) in [6.45, 7) is 0. The molecule has 0 amide bonds. The molecule has 0 spiro atoms. The maximum absolute atomic E-state index is 11.2. The molecule has 0 aromatic heterocycles. The molecule has 0 heterocycles. The summed E-state index contributed by atoms with van der Waals surface area (Å²) in [4.78, 5) is 11.2. The highest BCUT2D eigenvalue weighted by Gasteiger charge is 2.10. The molecular weight excluding hydrogens is 270 g/mol. The lowest BCUT2D eigenvalue weighted by Gasteiger charge is -2.00. The molecule has 0 saturated heterocycles. The average Bonchev–Trinajstić information content (AvgIpc) is 2.15. The summed E-state index contributed by atoms with van der Waals surface area (Å²) in [5, 5.41) is 5.07. The van der Waals surface area contributed by atoms with Crippen molar-refractivity contribution in [1.82, 2.24) is 0 Å². The number of hydrogen-bond donors (Lipinski definition) is 1. The van der Waals surface area contributed by atoms with Gasteiger partial charge in [0.2, 0.25) is 10.0 Å². The molecular formula is C8H8BrNO3S. The Hall–Kier alpha value is -0.720. The fraction of sp³-hybridized carbons (Fsp3) is 0.125. The standard InChI is InChI=1S/C8H8BrNO3S/c9-5-8(11)6-2-1-3-7(4-6)14(10,12)13/h1-4H,5H2,(H2,10,12,13). The second-order valence-electron chi connectivity index (χ2n) is 2.63. The van der Waals surface area contributed by atoms with Crippen LogP contribution in [0.5, 0.6) is 0 Å². The van der Waals surface area contributed by atoms with E-state index in [1.165, 1.54) is 24.3 Å². The van der Waals surface area contributed by atoms with E-state index in [1.807, 2.05) is 0 Å². The minimum Gasteiger partial charge on any atom is -0.293 e. The van der Waals surface area contributed by atoms with Gasteiger partial charge in [0.15, 0.2) is 5.78 Å². The molecule has 6 heteroatoms. The molecule has 0 atom stereocenters. The zero-order valence-electron chi connectivity index (χ0n) is 7.10. The van der Waals surface area contributed by atoms with Gasteiger partial charge in [0, 0.05) is 5.56 Å². The van der Waals surface area contributed by atoms with Crippen LogP contribution >= 0.6 is 15.9 Å². The van der Waals surface area contributed by atoms with Gasteiger partial charge in [0.25, 0.3) is 0 Å². The number of primary sulfonamides is 1. The highest BCUT2D eigenvalue weighted by Crippen LogP contribution is 2.10. The number of carbonyl (C=O) groups excluding carboxylic acids is 1. The van der Waals surface area contributed by atoms with Crippen molar-refractivity contribution >= 4 is 31.7 Å². The maximum atomic E-state index is 11.2. The van der Waals surface area contributed by atoms with Crippen LogP contribution in [-0.2, 0) is 10.0 Å². The third-order valence-electron chi connectivity index (χ3n) is 1.61. The van der Waals surface area contributed by atoms with Crippen LogP contribution in [-0.4, -0.2) is 19.5 Å². The Morgan fingerprint density at radius 2 is 2.07 bits per heavy atom. The fourth-order valence-corrected chi connectivity index (χ4v) is 1.81. The summed E-state index contributed by atoms with van der Waals surface area (Å²) >= 11 is 3.00. The van der Waals surface area contributed by atoms with Gasteiger partial charge in [-0.3, -0.25) is 4.79 Å². The van der Waals surface area contributed by atoms with E-state index in [0.717, 1.165) is 0 Å². The van der Waals surface area contributed by atoms with E-state index in [2.05, 4.69) is 15.9 Å². The lowest BCUT2D eigenvalue weighted by molar-refractivity contribution is 0.102. The lowest BCUT2D eigenvalue weighted by atomic mass is 10.2. The van der Waals surface area contributed by atoms with Gasteiger partial charge in [-0.05, 0) is 12.1 Å². The smallest absolute Gasteiger partial charge is 0.238 e. The topological polar surface area (TPSA) is 77.2 Å². The van der Waals surface area contributed by atoms with Crippen molar-refractivity contribution in [1.29, 1.82) is 0 Å². The van der Waals surface area contributed by atoms with E-state index in [0.29, 0.717) is 5.56 Å². The number of sulfonamides is 1. The zero-order valence-corrected chi connectivity index (χ0v) is 9.51. The van der Waals surface area contributed by atoms with Crippen LogP contribution in [0, 0.1) is 0 Å². The highest BCUT2D eigenvalue weighted by atomic mass is 79.9. The fourth-order valence-electron chi connectivity index (χ4n) is 0.924. The summed E-state index contributed by atoms with van der Waals surface area (Å²) < 4.78 is 21.9. The van der Waals surface area contributed by atoms with Crippen LogP contribution in [0.25, 0.3) is 0 Å².